The zero-order chi connectivity index (χ0) is 37.1. The number of nitrogens with one attached hydrogen (secondary N) is 3. The van der Waals surface area contributed by atoms with Gasteiger partial charge in [0.05, 0.1) is 17.3 Å². The molecular formula is C33H39F4N11O4. The fraction of sp³-hybridized carbons (Fsp3) is 0.515. The first-order valence-electron chi connectivity index (χ1n) is 17.3. The molecule has 1 aliphatic carbocycles. The molecule has 15 nitrogen and oxygen atoms in total. The lowest BCUT2D eigenvalue weighted by molar-refractivity contribution is -0.140. The molecule has 278 valence electrons. The molecule has 19 heteroatoms. The van der Waals surface area contributed by atoms with Crippen LogP contribution in [0.25, 0.3) is 5.78 Å². The third-order valence-electron chi connectivity index (χ3n) is 9.96. The number of aromatic nitrogens is 6. The van der Waals surface area contributed by atoms with E-state index in [0.717, 1.165) is 30.3 Å². The summed E-state index contributed by atoms with van der Waals surface area (Å²) in [7, 11) is 0. The van der Waals surface area contributed by atoms with Gasteiger partial charge in [0.25, 0.3) is 17.0 Å². The van der Waals surface area contributed by atoms with Gasteiger partial charge in [-0.05, 0) is 45.2 Å². The Hall–Kier alpha value is -5.20. The van der Waals surface area contributed by atoms with E-state index in [9.17, 15) is 36.7 Å². The number of nitrogens with zero attached hydrogens (tertiary/aromatic N) is 8. The molecule has 2 aliphatic heterocycles. The number of alkyl halides is 3. The van der Waals surface area contributed by atoms with Crippen LogP contribution in [-0.4, -0.2) is 97.5 Å². The van der Waals surface area contributed by atoms with E-state index < -0.39 is 47.5 Å². The lowest BCUT2D eigenvalue weighted by atomic mass is 10.1. The van der Waals surface area contributed by atoms with E-state index in [1.54, 1.807) is 9.47 Å². The first-order chi connectivity index (χ1) is 24.8. The van der Waals surface area contributed by atoms with Crippen LogP contribution in [0.3, 0.4) is 0 Å². The first kappa shape index (κ1) is 35.2. The predicted octanol–water partition coefficient (Wildman–Crippen LogP) is 2.14. The molecule has 5 heterocycles. The number of hydrogen-bond donors (Lipinski definition) is 3. The van der Waals surface area contributed by atoms with Crippen LogP contribution in [0, 0.1) is 12.7 Å². The number of H-pyrrole nitrogens is 1. The second kappa shape index (κ2) is 13.4. The summed E-state index contributed by atoms with van der Waals surface area (Å²) in [5, 5.41) is 13.2. The SMILES string of the molecule is CCc1c(N2CCN(C(=O)c3c[nH]n(C4CC4)c3=O)[C@H](C)C2)c(=O)n2nc(N3CCNCC3)nc2n1CC(=O)Nc1ccc(C(F)(F)F)c(F)c1C. The minimum atomic E-state index is -4.91. The average molecular weight is 730 g/mol. The minimum absolute atomic E-state index is 0.0578. The Kier molecular flexibility index (Phi) is 9.08. The summed E-state index contributed by atoms with van der Waals surface area (Å²) in [5.41, 5.74) is -2.00. The van der Waals surface area contributed by atoms with Crippen molar-refractivity contribution in [1.82, 2.24) is 39.2 Å². The van der Waals surface area contributed by atoms with Crippen molar-refractivity contribution in [2.45, 2.75) is 64.8 Å². The molecule has 0 spiro atoms. The van der Waals surface area contributed by atoms with Gasteiger partial charge < -0.3 is 35.0 Å². The largest absolute Gasteiger partial charge is 0.419 e. The van der Waals surface area contributed by atoms with Gasteiger partial charge >= 0.3 is 6.18 Å². The van der Waals surface area contributed by atoms with E-state index in [4.69, 9.17) is 0 Å². The van der Waals surface area contributed by atoms with Crippen LogP contribution in [0.15, 0.2) is 27.9 Å². The highest BCUT2D eigenvalue weighted by atomic mass is 19.4. The standard InChI is InChI=1S/C33H39F4N11O4/c1-4-24-27(44-13-14-45(18(2)16-44)28(50)21-15-39-47(29(21)51)20-5-6-20)30(52)48-32(41-31(42-48)43-11-9-38-10-12-43)46(24)17-25(49)40-23-8-7-22(33(35,36)37)26(34)19(23)3/h7-8,15,18,20,38-39H,4-6,9-14,16-17H2,1-3H3,(H,40,49)/t18-/m1/s1. The minimum Gasteiger partial charge on any atom is -0.362 e. The van der Waals surface area contributed by atoms with Crippen molar-refractivity contribution in [2.75, 3.05) is 60.9 Å². The normalized spacial score (nSPS) is 18.4. The third kappa shape index (κ3) is 6.30. The molecule has 1 atom stereocenters. The molecule has 2 saturated heterocycles. The summed E-state index contributed by atoms with van der Waals surface area (Å²) in [6, 6.07) is 1.25. The van der Waals surface area contributed by atoms with Crippen molar-refractivity contribution < 1.29 is 27.2 Å². The summed E-state index contributed by atoms with van der Waals surface area (Å²) in [6.07, 6.45) is -1.44. The molecule has 3 aliphatic rings. The maximum Gasteiger partial charge on any atom is 0.419 e. The highest BCUT2D eigenvalue weighted by Crippen LogP contribution is 2.35. The van der Waals surface area contributed by atoms with E-state index in [1.807, 2.05) is 23.6 Å². The molecule has 52 heavy (non-hydrogen) atoms. The van der Waals surface area contributed by atoms with Gasteiger partial charge in [0.1, 0.15) is 23.6 Å². The van der Waals surface area contributed by atoms with Gasteiger partial charge in [-0.1, -0.05) is 6.92 Å². The number of rotatable bonds is 8. The number of piperazine rings is 2. The second-order valence-corrected chi connectivity index (χ2v) is 13.4. The molecule has 0 unspecified atom stereocenters. The van der Waals surface area contributed by atoms with Crippen molar-refractivity contribution >= 4 is 34.9 Å². The highest BCUT2D eigenvalue weighted by Gasteiger charge is 2.37. The Balaban J connectivity index is 1.22. The summed E-state index contributed by atoms with van der Waals surface area (Å²) in [4.78, 5) is 64.4. The quantitative estimate of drug-likeness (QED) is 0.231. The number of aromatic amines is 1. The number of anilines is 3. The van der Waals surface area contributed by atoms with E-state index in [2.05, 4.69) is 25.8 Å². The van der Waals surface area contributed by atoms with Gasteiger partial charge in [-0.15, -0.1) is 5.10 Å². The Morgan fingerprint density at radius 2 is 1.77 bits per heavy atom. The molecule has 3 aromatic heterocycles. The molecule has 1 saturated carbocycles. The van der Waals surface area contributed by atoms with Crippen molar-refractivity contribution in [3.63, 3.8) is 0 Å². The van der Waals surface area contributed by atoms with Gasteiger partial charge in [0.2, 0.25) is 17.6 Å². The zero-order valence-corrected chi connectivity index (χ0v) is 28.9. The van der Waals surface area contributed by atoms with E-state index in [1.165, 1.54) is 10.9 Å². The summed E-state index contributed by atoms with van der Waals surface area (Å²) < 4.78 is 58.8. The monoisotopic (exact) mass is 729 g/mol. The summed E-state index contributed by atoms with van der Waals surface area (Å²) >= 11 is 0. The molecular weight excluding hydrogens is 690 g/mol. The second-order valence-electron chi connectivity index (χ2n) is 13.4. The number of fused-ring (bicyclic) bond motifs is 1. The molecule has 7 rings (SSSR count). The van der Waals surface area contributed by atoms with Crippen LogP contribution in [0.2, 0.25) is 0 Å². The van der Waals surface area contributed by atoms with Gasteiger partial charge in [-0.3, -0.25) is 19.2 Å². The number of carbonyl (C=O) groups is 2. The topological polar surface area (TPSA) is 158 Å². The van der Waals surface area contributed by atoms with Gasteiger partial charge in [-0.2, -0.15) is 22.7 Å². The molecule has 2 amide bonds. The van der Waals surface area contributed by atoms with Crippen molar-refractivity contribution in [1.29, 1.82) is 0 Å². The van der Waals surface area contributed by atoms with E-state index >= 15 is 0 Å². The van der Waals surface area contributed by atoms with Gasteiger partial charge in [0.15, 0.2) is 0 Å². The van der Waals surface area contributed by atoms with Crippen LogP contribution >= 0.6 is 0 Å². The average Bonchev–Trinajstić information content (AvgIpc) is 3.72. The molecule has 0 radical (unpaired) electrons. The van der Waals surface area contributed by atoms with Gasteiger partial charge in [0, 0.05) is 69.3 Å². The van der Waals surface area contributed by atoms with Crippen LogP contribution in [0.5, 0.6) is 0 Å². The fourth-order valence-corrected chi connectivity index (χ4v) is 7.05. The maximum absolute atomic E-state index is 14.7. The predicted molar refractivity (Wildman–Crippen MR) is 183 cm³/mol. The maximum atomic E-state index is 14.7. The Morgan fingerprint density at radius 1 is 1.04 bits per heavy atom. The number of halogens is 4. The van der Waals surface area contributed by atoms with Gasteiger partial charge in [-0.25, -0.2) is 9.07 Å². The third-order valence-corrected chi connectivity index (χ3v) is 9.96. The van der Waals surface area contributed by atoms with Crippen molar-refractivity contribution in [2.24, 2.45) is 0 Å². The number of amides is 2. The fourth-order valence-electron chi connectivity index (χ4n) is 7.05. The van der Waals surface area contributed by atoms with Crippen LogP contribution < -0.4 is 31.6 Å². The summed E-state index contributed by atoms with van der Waals surface area (Å²) in [5.74, 6) is -2.19. The number of carbonyl (C=O) groups excluding carboxylic acids is 2. The van der Waals surface area contributed by atoms with E-state index in [0.29, 0.717) is 43.9 Å². The van der Waals surface area contributed by atoms with Crippen LogP contribution in [-0.2, 0) is 23.9 Å². The molecule has 0 bridgehead atoms. The zero-order valence-electron chi connectivity index (χ0n) is 28.9. The number of benzene rings is 1. The molecule has 1 aromatic carbocycles. The highest BCUT2D eigenvalue weighted by molar-refractivity contribution is 5.94. The van der Waals surface area contributed by atoms with Crippen molar-refractivity contribution in [3.05, 3.63) is 67.2 Å². The molecule has 3 fully saturated rings. The lowest BCUT2D eigenvalue weighted by Gasteiger charge is -2.41. The Labute approximate surface area is 294 Å². The molecule has 4 aromatic rings. The number of hydrogen-bond acceptors (Lipinski definition) is 9. The van der Waals surface area contributed by atoms with Crippen molar-refractivity contribution in [3.8, 4) is 0 Å². The Bertz CT molecular complexity index is 2160. The van der Waals surface area contributed by atoms with Crippen LogP contribution in [0.4, 0.5) is 34.9 Å². The van der Waals surface area contributed by atoms with Crippen LogP contribution in [0.1, 0.15) is 59.9 Å². The lowest BCUT2D eigenvalue weighted by Crippen LogP contribution is -2.56. The first-order valence-corrected chi connectivity index (χ1v) is 17.3. The van der Waals surface area contributed by atoms with E-state index in [-0.39, 0.29) is 65.9 Å². The summed E-state index contributed by atoms with van der Waals surface area (Å²) in [6.45, 7) is 7.56. The molecule has 3 N–H and O–H groups in total. The Morgan fingerprint density at radius 3 is 2.42 bits per heavy atom. The smallest absolute Gasteiger partial charge is 0.362 e.